The molecule has 1 fully saturated rings. The molecule has 1 aromatic carbocycles. The second-order valence-electron chi connectivity index (χ2n) is 13.0. The van der Waals surface area contributed by atoms with Gasteiger partial charge in [-0.25, -0.2) is 0 Å². The Morgan fingerprint density at radius 1 is 0.652 bits per heavy atom. The topological polar surface area (TPSA) is 91.9 Å². The Kier molecular flexibility index (Phi) is 19.5. The summed E-state index contributed by atoms with van der Waals surface area (Å²) < 4.78 is 16.6. The number of hydrogen-bond acceptors (Lipinski definition) is 10. The molecule has 1 aromatic rings. The van der Waals surface area contributed by atoms with Crippen LogP contribution in [0.1, 0.15) is 45.1 Å². The number of esters is 3. The molecule has 0 amide bonds. The minimum absolute atomic E-state index is 0.156. The molecule has 0 saturated carbocycles. The zero-order valence-corrected chi connectivity index (χ0v) is 30.1. The first kappa shape index (κ1) is 39.4. The van der Waals surface area contributed by atoms with Crippen LogP contribution in [0.2, 0.25) is 19.6 Å². The van der Waals surface area contributed by atoms with E-state index in [4.69, 9.17) is 14.2 Å². The lowest BCUT2D eigenvalue weighted by Crippen LogP contribution is -2.48. The van der Waals surface area contributed by atoms with Crippen molar-refractivity contribution in [1.29, 1.82) is 0 Å². The third-order valence-corrected chi connectivity index (χ3v) is 8.45. The van der Waals surface area contributed by atoms with Gasteiger partial charge >= 0.3 is 17.9 Å². The number of carbonyl (C=O) groups is 3. The van der Waals surface area contributed by atoms with Crippen LogP contribution in [0.15, 0.2) is 30.3 Å². The highest BCUT2D eigenvalue weighted by Crippen LogP contribution is 2.05. The molecule has 1 heterocycles. The summed E-state index contributed by atoms with van der Waals surface area (Å²) in [5.74, 6) is 2.64. The number of unbranched alkanes of at least 4 members (excludes halogenated alkanes) is 2. The van der Waals surface area contributed by atoms with Gasteiger partial charge in [0.25, 0.3) is 0 Å². The molecule has 0 aromatic heterocycles. The van der Waals surface area contributed by atoms with Crippen molar-refractivity contribution in [3.05, 3.63) is 35.9 Å². The third kappa shape index (κ3) is 19.0. The molecule has 1 aliphatic rings. The molecule has 11 heteroatoms. The van der Waals surface area contributed by atoms with Crippen LogP contribution < -0.4 is 0 Å². The number of hydrogen-bond donors (Lipinski definition) is 0. The van der Waals surface area contributed by atoms with Gasteiger partial charge in [0.05, 0.1) is 39.4 Å². The highest BCUT2D eigenvalue weighted by atomic mass is 28.3. The smallest absolute Gasteiger partial charge is 0.320 e. The van der Waals surface area contributed by atoms with Gasteiger partial charge in [0, 0.05) is 52.4 Å². The largest absolute Gasteiger partial charge is 0.465 e. The van der Waals surface area contributed by atoms with Crippen molar-refractivity contribution in [2.45, 2.75) is 65.8 Å². The van der Waals surface area contributed by atoms with Gasteiger partial charge in [-0.1, -0.05) is 82.6 Å². The van der Waals surface area contributed by atoms with Crippen molar-refractivity contribution in [3.8, 4) is 11.5 Å². The van der Waals surface area contributed by atoms with Crippen molar-refractivity contribution in [3.63, 3.8) is 0 Å². The van der Waals surface area contributed by atoms with Gasteiger partial charge in [0.15, 0.2) is 0 Å². The Bertz CT molecular complexity index is 1090. The zero-order chi connectivity index (χ0) is 33.6. The molecule has 258 valence electrons. The van der Waals surface area contributed by atoms with Gasteiger partial charge in [0.1, 0.15) is 14.7 Å². The van der Waals surface area contributed by atoms with Crippen LogP contribution in [0.3, 0.4) is 0 Å². The average Bonchev–Trinajstić information content (AvgIpc) is 3.01. The van der Waals surface area contributed by atoms with Crippen LogP contribution in [-0.4, -0.2) is 137 Å². The zero-order valence-electron chi connectivity index (χ0n) is 29.1. The van der Waals surface area contributed by atoms with E-state index < -0.39 is 8.07 Å². The molecule has 0 bridgehead atoms. The van der Waals surface area contributed by atoms with E-state index in [1.807, 2.05) is 30.3 Å². The van der Waals surface area contributed by atoms with Crippen molar-refractivity contribution < 1.29 is 28.6 Å². The van der Waals surface area contributed by atoms with Crippen LogP contribution in [0.25, 0.3) is 0 Å². The van der Waals surface area contributed by atoms with E-state index in [1.165, 1.54) is 0 Å². The van der Waals surface area contributed by atoms with Crippen LogP contribution >= 0.6 is 0 Å². The normalized spacial score (nSPS) is 16.4. The number of rotatable bonds is 15. The van der Waals surface area contributed by atoms with E-state index in [1.54, 1.807) is 0 Å². The van der Waals surface area contributed by atoms with Gasteiger partial charge in [-0.3, -0.25) is 34.0 Å². The average molecular weight is 659 g/mol. The van der Waals surface area contributed by atoms with Crippen LogP contribution in [0, 0.1) is 11.5 Å². The summed E-state index contributed by atoms with van der Waals surface area (Å²) in [5, 5.41) is 0. The molecule has 2 rings (SSSR count). The fourth-order valence-electron chi connectivity index (χ4n) is 4.71. The molecule has 0 unspecified atom stereocenters. The second-order valence-corrected chi connectivity index (χ2v) is 17.7. The van der Waals surface area contributed by atoms with Crippen molar-refractivity contribution >= 4 is 26.0 Å². The van der Waals surface area contributed by atoms with E-state index in [2.05, 4.69) is 64.6 Å². The number of benzene rings is 1. The summed E-state index contributed by atoms with van der Waals surface area (Å²) in [5.41, 5.74) is 4.41. The number of carbonyl (C=O) groups excluding carboxylic acids is 3. The summed E-state index contributed by atoms with van der Waals surface area (Å²) in [7, 11) is -1.53. The Morgan fingerprint density at radius 2 is 1.07 bits per heavy atom. The fourth-order valence-corrected chi connectivity index (χ4v) is 5.32. The monoisotopic (exact) mass is 658 g/mol. The first-order valence-electron chi connectivity index (χ1n) is 17.0. The van der Waals surface area contributed by atoms with Gasteiger partial charge in [-0.05, 0) is 18.4 Å². The molecule has 0 spiro atoms. The maximum atomic E-state index is 12.9. The van der Waals surface area contributed by atoms with Crippen LogP contribution in [0.4, 0.5) is 0 Å². The lowest BCUT2D eigenvalue weighted by Gasteiger charge is -2.33. The lowest BCUT2D eigenvalue weighted by molar-refractivity contribution is -0.147. The summed E-state index contributed by atoms with van der Waals surface area (Å²) in [6.45, 7) is 18.1. The maximum Gasteiger partial charge on any atom is 0.320 e. The molecule has 0 aliphatic carbocycles. The Labute approximate surface area is 278 Å². The lowest BCUT2D eigenvalue weighted by atomic mass is 10.2. The molecular formula is C35H58N4O6Si. The minimum atomic E-state index is -1.53. The van der Waals surface area contributed by atoms with Gasteiger partial charge in [0.2, 0.25) is 0 Å². The summed E-state index contributed by atoms with van der Waals surface area (Å²) >= 11 is 0. The molecule has 0 atom stereocenters. The maximum absolute atomic E-state index is 12.9. The molecule has 1 saturated heterocycles. The summed E-state index contributed by atoms with van der Waals surface area (Å²) in [4.78, 5) is 46.9. The van der Waals surface area contributed by atoms with E-state index in [-0.39, 0.29) is 44.1 Å². The molecule has 1 aliphatic heterocycles. The summed E-state index contributed by atoms with van der Waals surface area (Å²) in [6, 6.07) is 9.67. The fraction of sp³-hybridized carbons (Fsp3) is 0.686. The standard InChI is InChI=1S/C35H58N4O6Si/c1-6-8-25-43-33(40)28-37-19-17-36(16-13-27-46(3,4)5)18-20-38(30-35(42)45-31-32-14-11-10-12-15-32)22-24-39(23-21-37)29-34(41)44-26-9-7-2/h10-12,14-15H,6-9,16-26,28-31H2,1-5H3. The van der Waals surface area contributed by atoms with E-state index in [0.717, 1.165) is 31.2 Å². The Morgan fingerprint density at radius 3 is 1.48 bits per heavy atom. The van der Waals surface area contributed by atoms with Gasteiger partial charge < -0.3 is 14.2 Å². The molecule has 0 radical (unpaired) electrons. The number of ether oxygens (including phenoxy) is 3. The van der Waals surface area contributed by atoms with Gasteiger partial charge in [-0.15, -0.1) is 5.54 Å². The van der Waals surface area contributed by atoms with Crippen molar-refractivity contribution in [1.82, 2.24) is 19.6 Å². The first-order valence-corrected chi connectivity index (χ1v) is 20.5. The first-order chi connectivity index (χ1) is 22.1. The predicted octanol–water partition coefficient (Wildman–Crippen LogP) is 3.52. The van der Waals surface area contributed by atoms with E-state index >= 15 is 0 Å². The highest BCUT2D eigenvalue weighted by molar-refractivity contribution is 6.83. The molecule has 46 heavy (non-hydrogen) atoms. The molecule has 0 N–H and O–H groups in total. The van der Waals surface area contributed by atoms with E-state index in [0.29, 0.717) is 72.1 Å². The predicted molar refractivity (Wildman–Crippen MR) is 185 cm³/mol. The highest BCUT2D eigenvalue weighted by Gasteiger charge is 2.21. The van der Waals surface area contributed by atoms with Crippen LogP contribution in [-0.2, 0) is 35.2 Å². The quantitative estimate of drug-likeness (QED) is 0.0917. The van der Waals surface area contributed by atoms with Gasteiger partial charge in [-0.2, -0.15) is 0 Å². The number of nitrogens with zero attached hydrogens (tertiary/aromatic N) is 4. The Hall–Kier alpha value is -2.75. The van der Waals surface area contributed by atoms with E-state index in [9.17, 15) is 14.4 Å². The molecular weight excluding hydrogens is 600 g/mol. The van der Waals surface area contributed by atoms with Crippen molar-refractivity contribution in [2.75, 3.05) is 91.8 Å². The summed E-state index contributed by atoms with van der Waals surface area (Å²) in [6.07, 6.45) is 3.60. The van der Waals surface area contributed by atoms with Crippen LogP contribution in [0.5, 0.6) is 0 Å². The van der Waals surface area contributed by atoms with Crippen molar-refractivity contribution in [2.24, 2.45) is 0 Å². The SMILES string of the molecule is CCCCOC(=O)CN1CCN(CC#C[Si](C)(C)C)CCN(CC(=O)OCc2ccccc2)CCN(CC(=O)OCCCC)CC1. The third-order valence-electron chi connectivity index (χ3n) is 7.52. The minimum Gasteiger partial charge on any atom is -0.465 e. The second kappa shape index (κ2) is 22.7. The molecule has 10 nitrogen and oxygen atoms in total. The Balaban J connectivity index is 2.18.